The molecule has 1 aliphatic rings. The van der Waals surface area contributed by atoms with Crippen molar-refractivity contribution in [2.75, 3.05) is 5.32 Å². The van der Waals surface area contributed by atoms with Gasteiger partial charge in [-0.3, -0.25) is 9.59 Å². The molecular weight excluding hydrogens is 307 g/mol. The number of carbonyl (C=O) groups excluding carboxylic acids is 2. The van der Waals surface area contributed by atoms with Gasteiger partial charge < -0.3 is 11.1 Å². The van der Waals surface area contributed by atoms with Gasteiger partial charge in [-0.05, 0) is 50.5 Å². The number of rotatable bonds is 4. The molecule has 2 aromatic carbocycles. The van der Waals surface area contributed by atoms with Crippen molar-refractivity contribution in [1.29, 1.82) is 0 Å². The first kappa shape index (κ1) is 16.2. The molecule has 0 spiro atoms. The molecule has 3 N–H and O–H groups in total. The highest BCUT2D eigenvalue weighted by molar-refractivity contribution is 6.12. The van der Waals surface area contributed by atoms with Gasteiger partial charge in [0.2, 0.25) is 11.8 Å². The Hall–Kier alpha value is -2.69. The SMILES string of the molecule is Cc1cc(C)cc(-c2cc(NC(=O)C3(C(N)=O)CC3)ccc2F)c1. The molecule has 1 saturated carbocycles. The molecule has 0 atom stereocenters. The summed E-state index contributed by atoms with van der Waals surface area (Å²) >= 11 is 0. The Morgan fingerprint density at radius 1 is 1.08 bits per heavy atom. The number of hydrogen-bond donors (Lipinski definition) is 2. The molecule has 0 heterocycles. The lowest BCUT2D eigenvalue weighted by Crippen LogP contribution is -2.36. The van der Waals surface area contributed by atoms with E-state index in [4.69, 9.17) is 5.73 Å². The summed E-state index contributed by atoms with van der Waals surface area (Å²) in [6.45, 7) is 3.90. The van der Waals surface area contributed by atoms with Crippen LogP contribution >= 0.6 is 0 Å². The number of amides is 2. The Kier molecular flexibility index (Phi) is 3.87. The third-order valence-electron chi connectivity index (χ3n) is 4.41. The van der Waals surface area contributed by atoms with Crippen molar-refractivity contribution in [1.82, 2.24) is 0 Å². The number of carbonyl (C=O) groups is 2. The van der Waals surface area contributed by atoms with Gasteiger partial charge in [0.25, 0.3) is 0 Å². The monoisotopic (exact) mass is 326 g/mol. The van der Waals surface area contributed by atoms with Crippen LogP contribution in [-0.2, 0) is 9.59 Å². The van der Waals surface area contributed by atoms with Crippen LogP contribution in [0.25, 0.3) is 11.1 Å². The summed E-state index contributed by atoms with van der Waals surface area (Å²) in [6.07, 6.45) is 0.915. The first-order valence-corrected chi connectivity index (χ1v) is 7.81. The zero-order valence-corrected chi connectivity index (χ0v) is 13.7. The van der Waals surface area contributed by atoms with Gasteiger partial charge in [-0.2, -0.15) is 0 Å². The minimum absolute atomic E-state index is 0.367. The average molecular weight is 326 g/mol. The van der Waals surface area contributed by atoms with E-state index in [1.165, 1.54) is 12.1 Å². The zero-order chi connectivity index (χ0) is 17.5. The van der Waals surface area contributed by atoms with Crippen LogP contribution in [0.4, 0.5) is 10.1 Å². The number of aryl methyl sites for hydroxylation is 2. The van der Waals surface area contributed by atoms with Crippen LogP contribution in [0.3, 0.4) is 0 Å². The third-order valence-corrected chi connectivity index (χ3v) is 4.41. The van der Waals surface area contributed by atoms with E-state index in [0.717, 1.165) is 16.7 Å². The molecule has 0 saturated heterocycles. The van der Waals surface area contributed by atoms with Crippen LogP contribution in [-0.4, -0.2) is 11.8 Å². The molecule has 3 rings (SSSR count). The summed E-state index contributed by atoms with van der Waals surface area (Å²) in [5.41, 5.74) is 7.87. The van der Waals surface area contributed by atoms with Gasteiger partial charge in [0.1, 0.15) is 11.2 Å². The summed E-state index contributed by atoms with van der Waals surface area (Å²) in [4.78, 5) is 23.7. The van der Waals surface area contributed by atoms with Crippen LogP contribution in [0.1, 0.15) is 24.0 Å². The van der Waals surface area contributed by atoms with E-state index in [1.807, 2.05) is 32.0 Å². The fourth-order valence-electron chi connectivity index (χ4n) is 2.92. The molecule has 0 aromatic heterocycles. The quantitative estimate of drug-likeness (QED) is 0.846. The Morgan fingerprint density at radius 3 is 2.25 bits per heavy atom. The van der Waals surface area contributed by atoms with E-state index in [0.29, 0.717) is 24.1 Å². The highest BCUT2D eigenvalue weighted by Gasteiger charge is 2.55. The van der Waals surface area contributed by atoms with Crippen molar-refractivity contribution in [3.63, 3.8) is 0 Å². The average Bonchev–Trinajstić information content (AvgIpc) is 3.30. The number of nitrogens with two attached hydrogens (primary N) is 1. The Balaban J connectivity index is 1.92. The second-order valence-corrected chi connectivity index (χ2v) is 6.47. The maximum Gasteiger partial charge on any atom is 0.240 e. The largest absolute Gasteiger partial charge is 0.369 e. The van der Waals surface area contributed by atoms with Gasteiger partial charge in [-0.1, -0.05) is 29.3 Å². The van der Waals surface area contributed by atoms with Crippen molar-refractivity contribution in [2.45, 2.75) is 26.7 Å². The van der Waals surface area contributed by atoms with Crippen LogP contribution in [0, 0.1) is 25.1 Å². The molecule has 0 unspecified atom stereocenters. The number of halogens is 1. The lowest BCUT2D eigenvalue weighted by molar-refractivity contribution is -0.132. The van der Waals surface area contributed by atoms with E-state index in [1.54, 1.807) is 6.07 Å². The second-order valence-electron chi connectivity index (χ2n) is 6.47. The molecular formula is C19H19FN2O2. The van der Waals surface area contributed by atoms with Crippen molar-refractivity contribution >= 4 is 17.5 Å². The first-order chi connectivity index (χ1) is 11.3. The molecule has 2 aromatic rings. The maximum atomic E-state index is 14.2. The van der Waals surface area contributed by atoms with Gasteiger partial charge in [-0.25, -0.2) is 4.39 Å². The standard InChI is InChI=1S/C19H19FN2O2/c1-11-7-12(2)9-13(8-11)15-10-14(3-4-16(15)20)22-18(24)19(5-6-19)17(21)23/h3-4,7-10H,5-6H2,1-2H3,(H2,21,23)(H,22,24). The number of nitrogens with one attached hydrogen (secondary N) is 1. The highest BCUT2D eigenvalue weighted by Crippen LogP contribution is 2.46. The van der Waals surface area contributed by atoms with Gasteiger partial charge in [0.05, 0.1) is 0 Å². The third kappa shape index (κ3) is 2.89. The van der Waals surface area contributed by atoms with E-state index < -0.39 is 17.2 Å². The lowest BCUT2D eigenvalue weighted by atomic mass is 9.99. The molecule has 4 nitrogen and oxygen atoms in total. The summed E-state index contributed by atoms with van der Waals surface area (Å²) in [6, 6.07) is 10.2. The fraction of sp³-hybridized carbons (Fsp3) is 0.263. The number of benzene rings is 2. The normalized spacial score (nSPS) is 15.0. The Labute approximate surface area is 139 Å². The van der Waals surface area contributed by atoms with Gasteiger partial charge in [-0.15, -0.1) is 0 Å². The Bertz CT molecular complexity index is 821. The molecule has 5 heteroatoms. The van der Waals surface area contributed by atoms with Crippen LogP contribution in [0.5, 0.6) is 0 Å². The van der Waals surface area contributed by atoms with E-state index in [-0.39, 0.29) is 5.82 Å². The van der Waals surface area contributed by atoms with Gasteiger partial charge in [0.15, 0.2) is 0 Å². The summed E-state index contributed by atoms with van der Waals surface area (Å²) < 4.78 is 14.2. The van der Waals surface area contributed by atoms with Crippen LogP contribution in [0.15, 0.2) is 36.4 Å². The van der Waals surface area contributed by atoms with E-state index in [9.17, 15) is 14.0 Å². The minimum Gasteiger partial charge on any atom is -0.369 e. The molecule has 124 valence electrons. The maximum absolute atomic E-state index is 14.2. The number of anilines is 1. The Morgan fingerprint density at radius 2 is 1.71 bits per heavy atom. The molecule has 0 aliphatic heterocycles. The topological polar surface area (TPSA) is 72.2 Å². The minimum atomic E-state index is -1.10. The van der Waals surface area contributed by atoms with Crippen molar-refractivity contribution in [3.8, 4) is 11.1 Å². The van der Waals surface area contributed by atoms with Crippen molar-refractivity contribution in [2.24, 2.45) is 11.1 Å². The van der Waals surface area contributed by atoms with E-state index in [2.05, 4.69) is 5.32 Å². The predicted molar refractivity (Wildman–Crippen MR) is 90.8 cm³/mol. The second kappa shape index (κ2) is 5.74. The number of primary amides is 1. The molecule has 0 radical (unpaired) electrons. The summed E-state index contributed by atoms with van der Waals surface area (Å²) in [5.74, 6) is -1.40. The van der Waals surface area contributed by atoms with E-state index >= 15 is 0 Å². The lowest BCUT2D eigenvalue weighted by Gasteiger charge is -2.13. The van der Waals surface area contributed by atoms with Crippen LogP contribution < -0.4 is 11.1 Å². The number of hydrogen-bond acceptors (Lipinski definition) is 2. The molecule has 1 aliphatic carbocycles. The summed E-state index contributed by atoms with van der Waals surface area (Å²) in [7, 11) is 0. The fourth-order valence-corrected chi connectivity index (χ4v) is 2.92. The van der Waals surface area contributed by atoms with Crippen molar-refractivity contribution < 1.29 is 14.0 Å². The molecule has 0 bridgehead atoms. The molecule has 2 amide bonds. The highest BCUT2D eigenvalue weighted by atomic mass is 19.1. The predicted octanol–water partition coefficient (Wildman–Crippen LogP) is 3.31. The van der Waals surface area contributed by atoms with Gasteiger partial charge >= 0.3 is 0 Å². The summed E-state index contributed by atoms with van der Waals surface area (Å²) in [5, 5.41) is 2.69. The van der Waals surface area contributed by atoms with Gasteiger partial charge in [0, 0.05) is 11.3 Å². The first-order valence-electron chi connectivity index (χ1n) is 7.81. The smallest absolute Gasteiger partial charge is 0.240 e. The van der Waals surface area contributed by atoms with Crippen LogP contribution in [0.2, 0.25) is 0 Å². The molecule has 24 heavy (non-hydrogen) atoms. The molecule has 1 fully saturated rings. The zero-order valence-electron chi connectivity index (χ0n) is 13.7. The van der Waals surface area contributed by atoms with Crippen molar-refractivity contribution in [3.05, 3.63) is 53.3 Å².